The van der Waals surface area contributed by atoms with Crippen molar-refractivity contribution in [3.8, 4) is 5.75 Å². The molecule has 3 aromatic rings. The summed E-state index contributed by atoms with van der Waals surface area (Å²) in [5, 5.41) is 3.49. The van der Waals surface area contributed by atoms with Gasteiger partial charge in [-0.15, -0.1) is 0 Å². The molecule has 1 aliphatic heterocycles. The maximum Gasteiger partial charge on any atom is 0.262 e. The first-order chi connectivity index (χ1) is 15.0. The van der Waals surface area contributed by atoms with Crippen molar-refractivity contribution in [2.75, 3.05) is 18.5 Å². The quantitative estimate of drug-likeness (QED) is 0.602. The highest BCUT2D eigenvalue weighted by Crippen LogP contribution is 2.29. The number of carbonyl (C=O) groups is 2. The molecule has 1 N–H and O–H groups in total. The number of nitrogens with one attached hydrogen (secondary N) is 1. The van der Waals surface area contributed by atoms with Crippen LogP contribution in [0.4, 0.5) is 5.69 Å². The van der Waals surface area contributed by atoms with Gasteiger partial charge in [-0.1, -0.05) is 47.5 Å². The van der Waals surface area contributed by atoms with E-state index in [2.05, 4.69) is 5.32 Å². The molecule has 5 nitrogen and oxygen atoms in total. The van der Waals surface area contributed by atoms with Crippen LogP contribution in [0.15, 0.2) is 66.7 Å². The van der Waals surface area contributed by atoms with E-state index in [0.717, 1.165) is 22.4 Å². The van der Waals surface area contributed by atoms with Crippen LogP contribution in [0, 0.1) is 6.92 Å². The van der Waals surface area contributed by atoms with Gasteiger partial charge in [0.2, 0.25) is 0 Å². The van der Waals surface area contributed by atoms with Gasteiger partial charge in [0.25, 0.3) is 11.8 Å². The van der Waals surface area contributed by atoms with E-state index in [4.69, 9.17) is 16.3 Å². The van der Waals surface area contributed by atoms with Gasteiger partial charge in [-0.3, -0.25) is 9.59 Å². The van der Waals surface area contributed by atoms with Crippen molar-refractivity contribution in [3.05, 3.63) is 94.0 Å². The lowest BCUT2D eigenvalue weighted by Crippen LogP contribution is -2.37. The first-order valence-corrected chi connectivity index (χ1v) is 10.5. The third-order valence-electron chi connectivity index (χ3n) is 5.26. The fourth-order valence-electron chi connectivity index (χ4n) is 3.62. The number of benzene rings is 3. The van der Waals surface area contributed by atoms with Crippen LogP contribution >= 0.6 is 11.6 Å². The summed E-state index contributed by atoms with van der Waals surface area (Å²) < 4.78 is 5.78. The molecule has 0 spiro atoms. The van der Waals surface area contributed by atoms with Gasteiger partial charge in [0.1, 0.15) is 5.75 Å². The Morgan fingerprint density at radius 2 is 1.81 bits per heavy atom. The Hall–Kier alpha value is -3.31. The maximum absolute atomic E-state index is 13.0. The second kappa shape index (κ2) is 9.23. The molecule has 158 valence electrons. The van der Waals surface area contributed by atoms with Gasteiger partial charge in [-0.25, -0.2) is 0 Å². The monoisotopic (exact) mass is 434 g/mol. The molecular weight excluding hydrogens is 412 g/mol. The number of aryl methyl sites for hydroxylation is 1. The first kappa shape index (κ1) is 20.9. The fourth-order valence-corrected chi connectivity index (χ4v) is 3.74. The van der Waals surface area contributed by atoms with Crippen LogP contribution in [0.5, 0.6) is 5.75 Å². The highest BCUT2D eigenvalue weighted by Gasteiger charge is 2.26. The van der Waals surface area contributed by atoms with Gasteiger partial charge in [0.05, 0.1) is 0 Å². The second-order valence-electron chi connectivity index (χ2n) is 7.59. The Kier molecular flexibility index (Phi) is 6.23. The second-order valence-corrected chi connectivity index (χ2v) is 8.02. The highest BCUT2D eigenvalue weighted by atomic mass is 35.5. The molecule has 0 radical (unpaired) electrons. The third-order valence-corrected chi connectivity index (χ3v) is 5.52. The summed E-state index contributed by atoms with van der Waals surface area (Å²) in [5.41, 5.74) is 4.35. The van der Waals surface area contributed by atoms with Gasteiger partial charge in [-0.2, -0.15) is 0 Å². The van der Waals surface area contributed by atoms with Crippen LogP contribution in [0.3, 0.4) is 0 Å². The maximum atomic E-state index is 13.0. The number of fused-ring (bicyclic) bond motifs is 1. The molecule has 3 aromatic carbocycles. The summed E-state index contributed by atoms with van der Waals surface area (Å²) in [4.78, 5) is 27.1. The predicted octanol–water partition coefficient (Wildman–Crippen LogP) is 4.86. The molecule has 6 heteroatoms. The fraction of sp³-hybridized carbons (Fsp3) is 0.200. The first-order valence-electron chi connectivity index (χ1n) is 10.1. The van der Waals surface area contributed by atoms with Crippen molar-refractivity contribution in [1.29, 1.82) is 0 Å². The van der Waals surface area contributed by atoms with Gasteiger partial charge in [0, 0.05) is 34.9 Å². The molecule has 2 amide bonds. The smallest absolute Gasteiger partial charge is 0.262 e. The van der Waals surface area contributed by atoms with Crippen LogP contribution < -0.4 is 10.1 Å². The summed E-state index contributed by atoms with van der Waals surface area (Å²) in [7, 11) is 0. The third kappa shape index (κ3) is 5.06. The Morgan fingerprint density at radius 1 is 1.06 bits per heavy atom. The Balaban J connectivity index is 1.41. The molecule has 0 aliphatic carbocycles. The molecule has 1 aliphatic rings. The summed E-state index contributed by atoms with van der Waals surface area (Å²) in [6.45, 7) is 2.99. The minimum Gasteiger partial charge on any atom is -0.483 e. The average molecular weight is 435 g/mol. The van der Waals surface area contributed by atoms with Crippen LogP contribution in [0.2, 0.25) is 5.02 Å². The molecule has 4 rings (SSSR count). The molecule has 0 saturated heterocycles. The van der Waals surface area contributed by atoms with Crippen molar-refractivity contribution in [2.24, 2.45) is 0 Å². The molecule has 0 aromatic heterocycles. The Bertz CT molecular complexity index is 1090. The minimum absolute atomic E-state index is 0.0363. The van der Waals surface area contributed by atoms with Crippen LogP contribution in [-0.2, 0) is 17.8 Å². The number of nitrogens with zero attached hydrogens (tertiary/aromatic N) is 1. The summed E-state index contributed by atoms with van der Waals surface area (Å²) in [6, 6.07) is 20.5. The van der Waals surface area contributed by atoms with Crippen molar-refractivity contribution in [1.82, 2.24) is 4.90 Å². The van der Waals surface area contributed by atoms with Gasteiger partial charge in [0.15, 0.2) is 6.61 Å². The molecule has 0 fully saturated rings. The lowest BCUT2D eigenvalue weighted by Gasteiger charge is -2.29. The summed E-state index contributed by atoms with van der Waals surface area (Å²) >= 11 is 5.95. The van der Waals surface area contributed by atoms with Crippen LogP contribution in [-0.4, -0.2) is 29.9 Å². The predicted molar refractivity (Wildman–Crippen MR) is 122 cm³/mol. The number of anilines is 1. The topological polar surface area (TPSA) is 58.6 Å². The summed E-state index contributed by atoms with van der Waals surface area (Å²) in [6.07, 6.45) is 0.671. The van der Waals surface area contributed by atoms with E-state index in [1.807, 2.05) is 66.4 Å². The molecular formula is C25H23ClN2O3. The number of amides is 2. The van der Waals surface area contributed by atoms with Crippen LogP contribution in [0.1, 0.15) is 27.0 Å². The van der Waals surface area contributed by atoms with Gasteiger partial charge < -0.3 is 15.0 Å². The summed E-state index contributed by atoms with van der Waals surface area (Å²) in [5.74, 6) is 0.301. The van der Waals surface area contributed by atoms with E-state index in [0.29, 0.717) is 35.8 Å². The SMILES string of the molecule is Cc1ccc(NC(=O)COc2cccc3c2CCN(Cc2ccc(Cl)cc2)C3=O)cc1. The molecule has 1 heterocycles. The number of hydrogen-bond donors (Lipinski definition) is 1. The highest BCUT2D eigenvalue weighted by molar-refractivity contribution is 6.30. The molecule has 0 unspecified atom stereocenters. The number of halogens is 1. The number of carbonyl (C=O) groups excluding carboxylic acids is 2. The number of hydrogen-bond acceptors (Lipinski definition) is 3. The van der Waals surface area contributed by atoms with E-state index in [9.17, 15) is 9.59 Å². The van der Waals surface area contributed by atoms with E-state index >= 15 is 0 Å². The largest absolute Gasteiger partial charge is 0.483 e. The average Bonchev–Trinajstić information content (AvgIpc) is 2.77. The molecule has 0 atom stereocenters. The van der Waals surface area contributed by atoms with E-state index in [1.165, 1.54) is 0 Å². The number of ether oxygens (including phenoxy) is 1. The van der Waals surface area contributed by atoms with E-state index in [1.54, 1.807) is 12.1 Å². The normalized spacial score (nSPS) is 13.0. The van der Waals surface area contributed by atoms with Gasteiger partial charge in [-0.05, 0) is 55.3 Å². The molecule has 0 saturated carbocycles. The van der Waals surface area contributed by atoms with Crippen molar-refractivity contribution in [3.63, 3.8) is 0 Å². The van der Waals surface area contributed by atoms with Crippen molar-refractivity contribution < 1.29 is 14.3 Å². The Morgan fingerprint density at radius 3 is 2.55 bits per heavy atom. The minimum atomic E-state index is -0.243. The molecule has 31 heavy (non-hydrogen) atoms. The zero-order valence-electron chi connectivity index (χ0n) is 17.2. The van der Waals surface area contributed by atoms with E-state index in [-0.39, 0.29) is 18.4 Å². The zero-order chi connectivity index (χ0) is 21.8. The van der Waals surface area contributed by atoms with Crippen molar-refractivity contribution in [2.45, 2.75) is 19.9 Å². The zero-order valence-corrected chi connectivity index (χ0v) is 18.0. The lowest BCUT2D eigenvalue weighted by atomic mass is 9.97. The van der Waals surface area contributed by atoms with E-state index < -0.39 is 0 Å². The lowest BCUT2D eigenvalue weighted by molar-refractivity contribution is -0.118. The number of rotatable bonds is 6. The van der Waals surface area contributed by atoms with Crippen molar-refractivity contribution >= 4 is 29.1 Å². The molecule has 0 bridgehead atoms. The van der Waals surface area contributed by atoms with Crippen LogP contribution in [0.25, 0.3) is 0 Å². The Labute approximate surface area is 186 Å². The standard InChI is InChI=1S/C25H23ClN2O3/c1-17-5-11-20(12-6-17)27-24(29)16-31-23-4-2-3-22-21(23)13-14-28(25(22)30)15-18-7-9-19(26)10-8-18/h2-12H,13-16H2,1H3,(H,27,29). The van der Waals surface area contributed by atoms with Gasteiger partial charge >= 0.3 is 0 Å².